The Labute approximate surface area is 111 Å². The van der Waals surface area contributed by atoms with E-state index in [1.165, 1.54) is 0 Å². The predicted octanol–water partition coefficient (Wildman–Crippen LogP) is -6.15. The molecule has 0 unspecified atom stereocenters. The van der Waals surface area contributed by atoms with Crippen molar-refractivity contribution in [1.29, 1.82) is 0 Å². The average molecular weight is 194 g/mol. The van der Waals surface area contributed by atoms with Gasteiger partial charge in [-0.1, -0.05) is 20.4 Å². The first-order valence-corrected chi connectivity index (χ1v) is 4.73. The first kappa shape index (κ1) is 15.6. The Morgan fingerprint density at radius 3 is 1.64 bits per heavy atom. The van der Waals surface area contributed by atoms with E-state index in [9.17, 15) is 14.4 Å². The molecule has 1 rings (SSSR count). The topological polar surface area (TPSA) is 63.2 Å². The van der Waals surface area contributed by atoms with E-state index in [4.69, 9.17) is 0 Å². The quantitative estimate of drug-likeness (QED) is 0.308. The summed E-state index contributed by atoms with van der Waals surface area (Å²) < 4.78 is 10.3. The molecule has 11 heavy (non-hydrogen) atoms. The molecule has 1 fully saturated rings. The Bertz CT molecular complexity index is 141. The van der Waals surface area contributed by atoms with Crippen molar-refractivity contribution in [3.05, 3.63) is 0 Å². The molecule has 1 saturated carbocycles. The molecule has 0 spiro atoms. The van der Waals surface area contributed by atoms with Crippen LogP contribution in [0.4, 0.5) is 0 Å². The van der Waals surface area contributed by atoms with Crippen molar-refractivity contribution in [2.24, 2.45) is 0 Å². The summed E-state index contributed by atoms with van der Waals surface area (Å²) in [4.78, 5) is 20.6. The van der Waals surface area contributed by atoms with Crippen LogP contribution in [0.1, 0.15) is 25.7 Å². The van der Waals surface area contributed by atoms with E-state index >= 15 is 0 Å². The molecule has 0 aromatic rings. The molecule has 54 valence electrons. The molecule has 3 nitrogen and oxygen atoms in total. The van der Waals surface area contributed by atoms with Gasteiger partial charge in [-0.25, -0.2) is 0 Å². The SMILES string of the molecule is O=P([O-])([O-])C1CCCC1.[Na+].[Na+]. The Hall–Kier alpha value is 2.15. The van der Waals surface area contributed by atoms with Gasteiger partial charge in [0.15, 0.2) is 0 Å². The summed E-state index contributed by atoms with van der Waals surface area (Å²) in [5, 5.41) is 0. The summed E-state index contributed by atoms with van der Waals surface area (Å²) in [6.07, 6.45) is 2.98. The third-order valence-corrected chi connectivity index (χ3v) is 3.18. The molecule has 0 amide bonds. The van der Waals surface area contributed by atoms with Gasteiger partial charge < -0.3 is 14.4 Å². The van der Waals surface area contributed by atoms with E-state index in [1.807, 2.05) is 0 Å². The average Bonchev–Trinajstić information content (AvgIpc) is 2.08. The number of hydrogen-bond acceptors (Lipinski definition) is 3. The van der Waals surface area contributed by atoms with Gasteiger partial charge in [-0.15, -0.1) is 0 Å². The van der Waals surface area contributed by atoms with Crippen molar-refractivity contribution >= 4 is 7.60 Å². The van der Waals surface area contributed by atoms with Crippen molar-refractivity contribution in [3.8, 4) is 0 Å². The molecule has 1 aliphatic rings. The maximum Gasteiger partial charge on any atom is 1.00 e. The van der Waals surface area contributed by atoms with E-state index in [0.29, 0.717) is 12.8 Å². The third kappa shape index (κ3) is 5.45. The van der Waals surface area contributed by atoms with Crippen LogP contribution in [0.2, 0.25) is 0 Å². The van der Waals surface area contributed by atoms with Crippen LogP contribution in [0, 0.1) is 0 Å². The zero-order valence-corrected chi connectivity index (χ0v) is 12.0. The van der Waals surface area contributed by atoms with Crippen molar-refractivity contribution in [2.45, 2.75) is 31.3 Å². The smallest absolute Gasteiger partial charge is 0.811 e. The summed E-state index contributed by atoms with van der Waals surface area (Å²) in [5.74, 6) is 0. The van der Waals surface area contributed by atoms with Crippen LogP contribution in [0.25, 0.3) is 0 Å². The van der Waals surface area contributed by atoms with Crippen LogP contribution < -0.4 is 68.9 Å². The fourth-order valence-corrected chi connectivity index (χ4v) is 2.22. The van der Waals surface area contributed by atoms with Crippen LogP contribution >= 0.6 is 7.60 Å². The maximum atomic E-state index is 10.3. The van der Waals surface area contributed by atoms with Crippen LogP contribution in [0.5, 0.6) is 0 Å². The largest absolute Gasteiger partial charge is 1.00 e. The molecular formula is C5H9Na2O3P. The molecular weight excluding hydrogens is 185 g/mol. The third-order valence-electron chi connectivity index (χ3n) is 1.77. The molecule has 0 radical (unpaired) electrons. The summed E-state index contributed by atoms with van der Waals surface area (Å²) >= 11 is 0. The predicted molar refractivity (Wildman–Crippen MR) is 29.9 cm³/mol. The first-order valence-electron chi connectivity index (χ1n) is 3.12. The standard InChI is InChI=1S/C5H11O3P.2Na/c6-9(7,8)5-3-1-2-4-5;;/h5H,1-4H2,(H2,6,7,8);;/q;2*+1/p-2. The Balaban J connectivity index is 0. The molecule has 0 N–H and O–H groups in total. The van der Waals surface area contributed by atoms with E-state index in [-0.39, 0.29) is 59.1 Å². The van der Waals surface area contributed by atoms with Gasteiger partial charge in [0, 0.05) is 0 Å². The van der Waals surface area contributed by atoms with Crippen LogP contribution in [-0.4, -0.2) is 5.66 Å². The van der Waals surface area contributed by atoms with Gasteiger partial charge in [0.05, 0.1) is 0 Å². The molecule has 0 aliphatic heterocycles. The van der Waals surface area contributed by atoms with E-state index in [1.54, 1.807) is 0 Å². The molecule has 0 aromatic carbocycles. The second kappa shape index (κ2) is 6.58. The second-order valence-corrected chi connectivity index (χ2v) is 4.29. The van der Waals surface area contributed by atoms with Gasteiger partial charge in [-0.05, 0) is 18.5 Å². The molecule has 0 heterocycles. The molecule has 6 heteroatoms. The minimum atomic E-state index is -4.21. The number of rotatable bonds is 1. The van der Waals surface area contributed by atoms with Gasteiger partial charge in [-0.2, -0.15) is 0 Å². The number of hydrogen-bond donors (Lipinski definition) is 0. The molecule has 0 atom stereocenters. The monoisotopic (exact) mass is 194 g/mol. The van der Waals surface area contributed by atoms with Crippen LogP contribution in [-0.2, 0) is 4.57 Å². The van der Waals surface area contributed by atoms with Gasteiger partial charge in [0.1, 0.15) is 0 Å². The zero-order chi connectivity index (χ0) is 6.91. The molecule has 0 aromatic heterocycles. The minimum absolute atomic E-state index is 0. The zero-order valence-electron chi connectivity index (χ0n) is 7.08. The maximum absolute atomic E-state index is 10.3. The van der Waals surface area contributed by atoms with Crippen molar-refractivity contribution in [2.75, 3.05) is 0 Å². The van der Waals surface area contributed by atoms with E-state index in [0.717, 1.165) is 12.8 Å². The summed E-state index contributed by atoms with van der Waals surface area (Å²) in [6.45, 7) is 0. The first-order chi connectivity index (χ1) is 4.11. The van der Waals surface area contributed by atoms with E-state index < -0.39 is 13.3 Å². The van der Waals surface area contributed by atoms with Gasteiger partial charge in [0.2, 0.25) is 0 Å². The normalized spacial score (nSPS) is 18.7. The minimum Gasteiger partial charge on any atom is -0.811 e. The Kier molecular flexibility index (Phi) is 9.34. The fraction of sp³-hybridized carbons (Fsp3) is 1.00. The Morgan fingerprint density at radius 2 is 1.45 bits per heavy atom. The van der Waals surface area contributed by atoms with Gasteiger partial charge >= 0.3 is 59.1 Å². The van der Waals surface area contributed by atoms with Gasteiger partial charge in [-0.3, -0.25) is 0 Å². The van der Waals surface area contributed by atoms with Crippen LogP contribution in [0.3, 0.4) is 0 Å². The van der Waals surface area contributed by atoms with Gasteiger partial charge in [0.25, 0.3) is 0 Å². The van der Waals surface area contributed by atoms with Crippen molar-refractivity contribution in [3.63, 3.8) is 0 Å². The van der Waals surface area contributed by atoms with Crippen LogP contribution in [0.15, 0.2) is 0 Å². The summed E-state index contributed by atoms with van der Waals surface area (Å²) in [6, 6.07) is 0. The fourth-order valence-electron chi connectivity index (χ4n) is 1.22. The summed E-state index contributed by atoms with van der Waals surface area (Å²) in [5.41, 5.74) is -0.544. The second-order valence-electron chi connectivity index (χ2n) is 2.48. The van der Waals surface area contributed by atoms with Crippen molar-refractivity contribution in [1.82, 2.24) is 0 Å². The Morgan fingerprint density at radius 1 is 1.09 bits per heavy atom. The molecule has 0 saturated heterocycles. The van der Waals surface area contributed by atoms with Crippen molar-refractivity contribution < 1.29 is 73.5 Å². The van der Waals surface area contributed by atoms with E-state index in [2.05, 4.69) is 0 Å². The molecule has 1 aliphatic carbocycles. The summed E-state index contributed by atoms with van der Waals surface area (Å²) in [7, 11) is -4.21. The molecule has 0 bridgehead atoms.